The van der Waals surface area contributed by atoms with Gasteiger partial charge in [0.2, 0.25) is 11.8 Å². The van der Waals surface area contributed by atoms with Crippen LogP contribution in [0.15, 0.2) is 48.5 Å². The van der Waals surface area contributed by atoms with E-state index < -0.39 is 0 Å². The van der Waals surface area contributed by atoms with E-state index in [4.69, 9.17) is 11.6 Å². The molecular formula is C18H20ClN3O2. The summed E-state index contributed by atoms with van der Waals surface area (Å²) in [4.78, 5) is 23.1. The summed E-state index contributed by atoms with van der Waals surface area (Å²) in [7, 11) is 0. The van der Waals surface area contributed by atoms with Crippen molar-refractivity contribution in [3.05, 3.63) is 59.1 Å². The monoisotopic (exact) mass is 345 g/mol. The summed E-state index contributed by atoms with van der Waals surface area (Å²) in [5.74, 6) is -0.297. The molecule has 0 unspecified atom stereocenters. The molecule has 2 amide bonds. The molecule has 1 atom stereocenters. The van der Waals surface area contributed by atoms with E-state index in [0.717, 1.165) is 5.56 Å². The first-order valence-electron chi connectivity index (χ1n) is 7.61. The first-order chi connectivity index (χ1) is 11.5. The Morgan fingerprint density at radius 2 is 1.83 bits per heavy atom. The number of anilines is 2. The largest absolute Gasteiger partial charge is 0.375 e. The molecule has 2 rings (SSSR count). The lowest BCUT2D eigenvalue weighted by Crippen LogP contribution is -2.32. The number of benzene rings is 2. The van der Waals surface area contributed by atoms with Gasteiger partial charge in [-0.25, -0.2) is 0 Å². The van der Waals surface area contributed by atoms with Gasteiger partial charge in [-0.05, 0) is 30.7 Å². The fourth-order valence-corrected chi connectivity index (χ4v) is 2.48. The second kappa shape index (κ2) is 8.36. The number of rotatable bonds is 6. The molecule has 0 radical (unpaired) electrons. The second-order valence-electron chi connectivity index (χ2n) is 5.43. The van der Waals surface area contributed by atoms with Crippen molar-refractivity contribution in [3.8, 4) is 0 Å². The number of carbonyl (C=O) groups is 2. The quantitative estimate of drug-likeness (QED) is 0.749. The molecule has 5 nitrogen and oxygen atoms in total. The third-order valence-corrected chi connectivity index (χ3v) is 3.72. The Morgan fingerprint density at radius 3 is 2.46 bits per heavy atom. The Labute approximate surface area is 146 Å². The van der Waals surface area contributed by atoms with Crippen LogP contribution in [0.2, 0.25) is 5.02 Å². The van der Waals surface area contributed by atoms with Crippen molar-refractivity contribution in [3.63, 3.8) is 0 Å². The van der Waals surface area contributed by atoms with Crippen LogP contribution in [0, 0.1) is 0 Å². The third-order valence-electron chi connectivity index (χ3n) is 3.41. The molecule has 0 bridgehead atoms. The number of carbonyl (C=O) groups excluding carboxylic acids is 2. The molecule has 0 saturated heterocycles. The van der Waals surface area contributed by atoms with Gasteiger partial charge in [0.1, 0.15) is 0 Å². The number of hydrogen-bond donors (Lipinski definition) is 3. The smallest absolute Gasteiger partial charge is 0.239 e. The van der Waals surface area contributed by atoms with E-state index in [1.807, 2.05) is 37.3 Å². The topological polar surface area (TPSA) is 70.2 Å². The second-order valence-corrected chi connectivity index (χ2v) is 5.84. The molecule has 3 N–H and O–H groups in total. The summed E-state index contributed by atoms with van der Waals surface area (Å²) in [6.07, 6.45) is 0. The molecular weight excluding hydrogens is 326 g/mol. The van der Waals surface area contributed by atoms with E-state index in [-0.39, 0.29) is 24.4 Å². The van der Waals surface area contributed by atoms with E-state index in [1.165, 1.54) is 6.92 Å². The van der Waals surface area contributed by atoms with Crippen molar-refractivity contribution in [1.82, 2.24) is 5.32 Å². The molecule has 126 valence electrons. The van der Waals surface area contributed by atoms with Crippen molar-refractivity contribution in [2.24, 2.45) is 0 Å². The van der Waals surface area contributed by atoms with Crippen LogP contribution in [0.3, 0.4) is 0 Å². The average Bonchev–Trinajstić information content (AvgIpc) is 2.54. The van der Waals surface area contributed by atoms with E-state index in [2.05, 4.69) is 16.0 Å². The van der Waals surface area contributed by atoms with E-state index in [1.54, 1.807) is 18.2 Å². The molecule has 0 fully saturated rings. The summed E-state index contributed by atoms with van der Waals surface area (Å²) in [5, 5.41) is 9.00. The van der Waals surface area contributed by atoms with Crippen molar-refractivity contribution >= 4 is 34.8 Å². The molecule has 0 saturated carbocycles. The average molecular weight is 346 g/mol. The van der Waals surface area contributed by atoms with Gasteiger partial charge in [0.05, 0.1) is 23.3 Å². The lowest BCUT2D eigenvalue weighted by atomic mass is 10.1. The Bertz CT molecular complexity index is 719. The lowest BCUT2D eigenvalue weighted by molar-refractivity contribution is -0.120. The zero-order valence-electron chi connectivity index (χ0n) is 13.6. The van der Waals surface area contributed by atoms with Crippen LogP contribution in [0.1, 0.15) is 25.5 Å². The van der Waals surface area contributed by atoms with Gasteiger partial charge in [-0.2, -0.15) is 0 Å². The van der Waals surface area contributed by atoms with Crippen molar-refractivity contribution in [2.45, 2.75) is 19.9 Å². The van der Waals surface area contributed by atoms with Crippen LogP contribution in [0.4, 0.5) is 11.4 Å². The summed E-state index contributed by atoms with van der Waals surface area (Å²) in [6, 6.07) is 14.8. The van der Waals surface area contributed by atoms with Gasteiger partial charge in [-0.3, -0.25) is 9.59 Å². The molecule has 24 heavy (non-hydrogen) atoms. The molecule has 0 aromatic heterocycles. The van der Waals surface area contributed by atoms with Gasteiger partial charge >= 0.3 is 0 Å². The van der Waals surface area contributed by atoms with E-state index in [9.17, 15) is 9.59 Å². The van der Waals surface area contributed by atoms with Crippen LogP contribution in [-0.4, -0.2) is 18.4 Å². The molecule has 0 heterocycles. The van der Waals surface area contributed by atoms with Gasteiger partial charge in [0.25, 0.3) is 0 Å². The standard InChI is InChI=1S/C18H20ClN3O2/c1-12(14-6-4-3-5-7-14)21-18(24)11-20-17-9-8-15(10-16(17)19)22-13(2)23/h3-10,12,20H,11H2,1-2H3,(H,21,24)(H,22,23)/t12-/m0/s1. The zero-order chi connectivity index (χ0) is 17.5. The molecule has 0 aliphatic heterocycles. The highest BCUT2D eigenvalue weighted by Crippen LogP contribution is 2.25. The fraction of sp³-hybridized carbons (Fsp3) is 0.222. The number of nitrogens with one attached hydrogen (secondary N) is 3. The lowest BCUT2D eigenvalue weighted by Gasteiger charge is -2.15. The van der Waals surface area contributed by atoms with Crippen LogP contribution < -0.4 is 16.0 Å². The SMILES string of the molecule is CC(=O)Nc1ccc(NCC(=O)N[C@@H](C)c2ccccc2)c(Cl)c1. The van der Waals surface area contributed by atoms with Gasteiger partial charge in [-0.1, -0.05) is 41.9 Å². The van der Waals surface area contributed by atoms with Crippen LogP contribution in [0.5, 0.6) is 0 Å². The molecule has 0 spiro atoms. The predicted octanol–water partition coefficient (Wildman–Crippen LogP) is 3.59. The highest BCUT2D eigenvalue weighted by molar-refractivity contribution is 6.33. The summed E-state index contributed by atoms with van der Waals surface area (Å²) < 4.78 is 0. The van der Waals surface area contributed by atoms with Gasteiger partial charge in [0.15, 0.2) is 0 Å². The minimum absolute atomic E-state index is 0.0712. The van der Waals surface area contributed by atoms with Gasteiger partial charge in [0, 0.05) is 12.6 Å². The predicted molar refractivity (Wildman–Crippen MR) is 97.2 cm³/mol. The van der Waals surface area contributed by atoms with Gasteiger partial charge in [-0.15, -0.1) is 0 Å². The highest BCUT2D eigenvalue weighted by atomic mass is 35.5. The zero-order valence-corrected chi connectivity index (χ0v) is 14.4. The number of hydrogen-bond acceptors (Lipinski definition) is 3. The molecule has 6 heteroatoms. The first kappa shape index (κ1) is 17.8. The first-order valence-corrected chi connectivity index (χ1v) is 7.99. The van der Waals surface area contributed by atoms with Crippen molar-refractivity contribution in [1.29, 1.82) is 0 Å². The fourth-order valence-electron chi connectivity index (χ4n) is 2.23. The van der Waals surface area contributed by atoms with Crippen molar-refractivity contribution < 1.29 is 9.59 Å². The Morgan fingerprint density at radius 1 is 1.12 bits per heavy atom. The van der Waals surface area contributed by atoms with E-state index >= 15 is 0 Å². The maximum absolute atomic E-state index is 12.1. The van der Waals surface area contributed by atoms with Gasteiger partial charge < -0.3 is 16.0 Å². The summed E-state index contributed by atoms with van der Waals surface area (Å²) >= 11 is 6.15. The Hall–Kier alpha value is -2.53. The maximum Gasteiger partial charge on any atom is 0.239 e. The Kier molecular flexibility index (Phi) is 6.21. The highest BCUT2D eigenvalue weighted by Gasteiger charge is 2.10. The number of halogens is 1. The summed E-state index contributed by atoms with van der Waals surface area (Å²) in [6.45, 7) is 3.47. The molecule has 2 aromatic carbocycles. The third kappa shape index (κ3) is 5.28. The maximum atomic E-state index is 12.1. The summed E-state index contributed by atoms with van der Waals surface area (Å²) in [5.41, 5.74) is 2.29. The number of amides is 2. The molecule has 2 aromatic rings. The minimum atomic E-state index is -0.166. The normalized spacial score (nSPS) is 11.5. The molecule has 0 aliphatic carbocycles. The van der Waals surface area contributed by atoms with Crippen LogP contribution in [0.25, 0.3) is 0 Å². The van der Waals surface area contributed by atoms with Crippen LogP contribution in [-0.2, 0) is 9.59 Å². The van der Waals surface area contributed by atoms with Crippen molar-refractivity contribution in [2.75, 3.05) is 17.2 Å². The Balaban J connectivity index is 1.88. The van der Waals surface area contributed by atoms with Crippen LogP contribution >= 0.6 is 11.6 Å². The minimum Gasteiger partial charge on any atom is -0.375 e. The molecule has 0 aliphatic rings. The van der Waals surface area contributed by atoms with E-state index in [0.29, 0.717) is 16.4 Å².